The third-order valence-corrected chi connectivity index (χ3v) is 5.61. The second-order valence-electron chi connectivity index (χ2n) is 8.79. The van der Waals surface area contributed by atoms with Crippen LogP contribution in [-0.4, -0.2) is 70.4 Å². The third-order valence-electron chi connectivity index (χ3n) is 5.61. The van der Waals surface area contributed by atoms with Gasteiger partial charge >= 0.3 is 29.6 Å². The summed E-state index contributed by atoms with van der Waals surface area (Å²) in [6, 6.07) is 9.65. The van der Waals surface area contributed by atoms with Crippen molar-refractivity contribution in [3.63, 3.8) is 0 Å². The number of hydrogen-bond donors (Lipinski definition) is 1. The Morgan fingerprint density at radius 1 is 0.900 bits per heavy atom. The van der Waals surface area contributed by atoms with Crippen LogP contribution in [-0.2, 0) is 42.9 Å². The Morgan fingerprint density at radius 3 is 2.10 bits per heavy atom. The van der Waals surface area contributed by atoms with Crippen LogP contribution in [0.15, 0.2) is 47.4 Å². The Balaban J connectivity index is 1.99. The number of esters is 4. The van der Waals surface area contributed by atoms with Gasteiger partial charge in [-0.05, 0) is 18.2 Å². The molecule has 0 spiro atoms. The van der Waals surface area contributed by atoms with Crippen molar-refractivity contribution in [1.29, 1.82) is 0 Å². The van der Waals surface area contributed by atoms with Gasteiger partial charge in [-0.3, -0.25) is 28.5 Å². The molecule has 0 aliphatic carbocycles. The number of carbonyl (C=O) groups excluding carboxylic acids is 5. The van der Waals surface area contributed by atoms with E-state index in [2.05, 4.69) is 10.3 Å². The number of anilines is 1. The van der Waals surface area contributed by atoms with E-state index in [0.717, 1.165) is 32.3 Å². The second-order valence-corrected chi connectivity index (χ2v) is 8.79. The highest BCUT2D eigenvalue weighted by Gasteiger charge is 2.48. The van der Waals surface area contributed by atoms with Gasteiger partial charge in [-0.1, -0.05) is 18.2 Å². The fourth-order valence-corrected chi connectivity index (χ4v) is 4.08. The molecule has 2 aromatic rings. The van der Waals surface area contributed by atoms with Crippen LogP contribution in [0.5, 0.6) is 0 Å². The molecule has 1 fully saturated rings. The average Bonchev–Trinajstić information content (AvgIpc) is 2.99. The van der Waals surface area contributed by atoms with E-state index >= 15 is 0 Å². The summed E-state index contributed by atoms with van der Waals surface area (Å²) in [7, 11) is 0. The lowest BCUT2D eigenvalue weighted by atomic mass is 10.0. The van der Waals surface area contributed by atoms with Gasteiger partial charge < -0.3 is 29.0 Å². The molecule has 1 N–H and O–H groups in total. The average molecular weight is 560 g/mol. The van der Waals surface area contributed by atoms with Crippen LogP contribution in [0.25, 0.3) is 0 Å². The summed E-state index contributed by atoms with van der Waals surface area (Å²) in [6.07, 6.45) is -5.44. The lowest BCUT2D eigenvalue weighted by Gasteiger charge is -2.32. The molecule has 1 aliphatic heterocycles. The summed E-state index contributed by atoms with van der Waals surface area (Å²) < 4.78 is 28.4. The number of nitrogens with zero attached hydrogens (tertiary/aromatic N) is 2. The van der Waals surface area contributed by atoms with Gasteiger partial charge in [-0.15, -0.1) is 0 Å². The van der Waals surface area contributed by atoms with Crippen LogP contribution in [0.3, 0.4) is 0 Å². The standard InChI is InChI=1S/C26H29N3O11/c1-14(30)36-13-20-24(39-17(4)33)23(38-16(3)32)19(37-15(2)31)12-22(40-20)29-11-10-21(28-26(29)35)27-25(34)18-8-6-5-7-9-18/h5-11,19-20,22-24H,12-13H2,1-4H3,(H,27,28,34,35)/t19-,20+,22+,23+,24+/m0/s1. The van der Waals surface area contributed by atoms with Gasteiger partial charge in [0.25, 0.3) is 5.91 Å². The molecular weight excluding hydrogens is 530 g/mol. The summed E-state index contributed by atoms with van der Waals surface area (Å²) in [5.41, 5.74) is -0.496. The zero-order chi connectivity index (χ0) is 29.4. The number of carbonyl (C=O) groups is 5. The van der Waals surface area contributed by atoms with E-state index in [4.69, 9.17) is 23.7 Å². The van der Waals surface area contributed by atoms with Crippen molar-refractivity contribution in [2.75, 3.05) is 11.9 Å². The first-order valence-electron chi connectivity index (χ1n) is 12.2. The molecule has 1 amide bonds. The molecule has 0 radical (unpaired) electrons. The molecule has 14 heteroatoms. The van der Waals surface area contributed by atoms with Crippen molar-refractivity contribution in [3.05, 3.63) is 58.6 Å². The molecular formula is C26H29N3O11. The van der Waals surface area contributed by atoms with Gasteiger partial charge in [0.05, 0.1) is 0 Å². The van der Waals surface area contributed by atoms with Gasteiger partial charge in [0.15, 0.2) is 12.2 Å². The zero-order valence-corrected chi connectivity index (χ0v) is 22.2. The molecule has 214 valence electrons. The Morgan fingerprint density at radius 2 is 1.52 bits per heavy atom. The maximum atomic E-state index is 13.0. The maximum absolute atomic E-state index is 13.0. The van der Waals surface area contributed by atoms with E-state index in [1.165, 1.54) is 12.3 Å². The molecule has 5 atom stereocenters. The van der Waals surface area contributed by atoms with E-state index in [9.17, 15) is 28.8 Å². The number of ether oxygens (including phenoxy) is 5. The SMILES string of the molecule is CC(=O)OC[C@H]1O[C@@H](n2ccc(NC(=O)c3ccccc3)nc2=O)C[C@H](OC(C)=O)[C@@H](OC(C)=O)[C@@H]1OC(C)=O. The second kappa shape index (κ2) is 13.5. The van der Waals surface area contributed by atoms with E-state index in [1.807, 2.05) is 0 Å². The molecule has 0 bridgehead atoms. The van der Waals surface area contributed by atoms with Crippen LogP contribution >= 0.6 is 0 Å². The first-order valence-corrected chi connectivity index (χ1v) is 12.2. The van der Waals surface area contributed by atoms with Crippen molar-refractivity contribution in [2.45, 2.75) is 64.8 Å². The summed E-state index contributed by atoms with van der Waals surface area (Å²) in [6.45, 7) is 4.03. The number of benzene rings is 1. The topological polar surface area (TPSA) is 178 Å². The maximum Gasteiger partial charge on any atom is 0.351 e. The number of nitrogens with one attached hydrogen (secondary N) is 1. The molecule has 1 aromatic carbocycles. The van der Waals surface area contributed by atoms with E-state index in [0.29, 0.717) is 5.56 Å². The molecule has 40 heavy (non-hydrogen) atoms. The first kappa shape index (κ1) is 30.0. The van der Waals surface area contributed by atoms with Crippen molar-refractivity contribution in [1.82, 2.24) is 9.55 Å². The van der Waals surface area contributed by atoms with Crippen molar-refractivity contribution >= 4 is 35.6 Å². The molecule has 1 aromatic heterocycles. The third kappa shape index (κ3) is 8.20. The van der Waals surface area contributed by atoms with Crippen LogP contribution in [0.2, 0.25) is 0 Å². The van der Waals surface area contributed by atoms with Crippen molar-refractivity contribution < 1.29 is 47.7 Å². The van der Waals surface area contributed by atoms with E-state index in [-0.39, 0.29) is 12.2 Å². The fraction of sp³-hybridized carbons (Fsp3) is 0.423. The Hall–Kier alpha value is -4.59. The Bertz CT molecular complexity index is 1310. The Labute approximate surface area is 228 Å². The minimum absolute atomic E-state index is 0.0349. The highest BCUT2D eigenvalue weighted by molar-refractivity contribution is 6.03. The molecule has 1 aliphatic rings. The normalized spacial score (nSPS) is 22.2. The van der Waals surface area contributed by atoms with Gasteiger partial charge in [0, 0.05) is 45.9 Å². The molecule has 2 heterocycles. The summed E-state index contributed by atoms with van der Waals surface area (Å²) >= 11 is 0. The van der Waals surface area contributed by atoms with Crippen molar-refractivity contribution in [3.8, 4) is 0 Å². The molecule has 0 saturated carbocycles. The van der Waals surface area contributed by atoms with Gasteiger partial charge in [0.1, 0.15) is 30.9 Å². The van der Waals surface area contributed by atoms with Crippen LogP contribution in [0, 0.1) is 0 Å². The highest BCUT2D eigenvalue weighted by Crippen LogP contribution is 2.32. The minimum atomic E-state index is -1.39. The quantitative estimate of drug-likeness (QED) is 0.361. The minimum Gasteiger partial charge on any atom is -0.463 e. The van der Waals surface area contributed by atoms with Crippen LogP contribution in [0.1, 0.15) is 50.7 Å². The first-order chi connectivity index (χ1) is 18.9. The predicted molar refractivity (Wildman–Crippen MR) is 135 cm³/mol. The predicted octanol–water partition coefficient (Wildman–Crippen LogP) is 1.14. The number of hydrogen-bond acceptors (Lipinski definition) is 12. The lowest BCUT2D eigenvalue weighted by molar-refractivity contribution is -0.194. The Kier molecular flexibility index (Phi) is 10.1. The fourth-order valence-electron chi connectivity index (χ4n) is 4.08. The van der Waals surface area contributed by atoms with Gasteiger partial charge in [0.2, 0.25) is 0 Å². The zero-order valence-electron chi connectivity index (χ0n) is 22.2. The van der Waals surface area contributed by atoms with E-state index < -0.39 is 72.7 Å². The summed E-state index contributed by atoms with van der Waals surface area (Å²) in [5.74, 6) is -3.50. The molecule has 0 unspecified atom stereocenters. The summed E-state index contributed by atoms with van der Waals surface area (Å²) in [5, 5.41) is 2.53. The van der Waals surface area contributed by atoms with Gasteiger partial charge in [-0.25, -0.2) is 4.79 Å². The number of amides is 1. The number of rotatable bonds is 8. The smallest absolute Gasteiger partial charge is 0.351 e. The van der Waals surface area contributed by atoms with Gasteiger partial charge in [-0.2, -0.15) is 4.98 Å². The molecule has 3 rings (SSSR count). The largest absolute Gasteiger partial charge is 0.463 e. The molecule has 14 nitrogen and oxygen atoms in total. The van der Waals surface area contributed by atoms with E-state index in [1.54, 1.807) is 30.3 Å². The number of aromatic nitrogens is 2. The molecule has 1 saturated heterocycles. The van der Waals surface area contributed by atoms with Crippen molar-refractivity contribution in [2.24, 2.45) is 0 Å². The van der Waals surface area contributed by atoms with Crippen LogP contribution in [0.4, 0.5) is 5.82 Å². The van der Waals surface area contributed by atoms with Crippen LogP contribution < -0.4 is 11.0 Å². The lowest BCUT2D eigenvalue weighted by Crippen LogP contribution is -2.50. The summed E-state index contributed by atoms with van der Waals surface area (Å²) in [4.78, 5) is 76.9. The monoisotopic (exact) mass is 559 g/mol. The highest BCUT2D eigenvalue weighted by atomic mass is 16.6.